The van der Waals surface area contributed by atoms with Crippen molar-refractivity contribution in [1.82, 2.24) is 0 Å². The van der Waals surface area contributed by atoms with Gasteiger partial charge in [-0.25, -0.2) is 4.79 Å². The fraction of sp³-hybridized carbons (Fsp3) is 0.562. The summed E-state index contributed by atoms with van der Waals surface area (Å²) in [6.45, 7) is 7.81. The van der Waals surface area contributed by atoms with E-state index in [0.29, 0.717) is 5.92 Å². The van der Waals surface area contributed by atoms with Crippen molar-refractivity contribution in [2.45, 2.75) is 58.3 Å². The third-order valence-electron chi connectivity index (χ3n) is 3.31. The molecule has 4 heteroatoms. The average Bonchev–Trinajstić information content (AvgIpc) is 3.13. The maximum Gasteiger partial charge on any atom is 0.412 e. The Labute approximate surface area is 122 Å². The maximum absolute atomic E-state index is 11.9. The quantitative estimate of drug-likeness (QED) is 0.845. The third-order valence-corrected chi connectivity index (χ3v) is 3.31. The van der Waals surface area contributed by atoms with Gasteiger partial charge in [0.25, 0.3) is 0 Å². The Morgan fingerprint density at radius 2 is 2.10 bits per heavy atom. The molecular formula is C16H24BNO2. The van der Waals surface area contributed by atoms with Crippen molar-refractivity contribution in [2.24, 2.45) is 0 Å². The molecule has 0 saturated heterocycles. The van der Waals surface area contributed by atoms with Gasteiger partial charge in [0.05, 0.1) is 0 Å². The molecule has 1 N–H and O–H groups in total. The van der Waals surface area contributed by atoms with Crippen LogP contribution < -0.4 is 5.32 Å². The SMILES string of the molecule is CBCc1ccc(NC(=O)OC(C)(C)C)c(C2CC2)c1. The molecule has 1 aliphatic rings. The molecule has 1 aliphatic carbocycles. The third kappa shape index (κ3) is 4.29. The van der Waals surface area contributed by atoms with Crippen LogP contribution in [0.1, 0.15) is 50.7 Å². The van der Waals surface area contributed by atoms with Crippen LogP contribution in [0.2, 0.25) is 6.82 Å². The van der Waals surface area contributed by atoms with Gasteiger partial charge in [-0.05, 0) is 51.2 Å². The number of amides is 1. The van der Waals surface area contributed by atoms with Crippen LogP contribution >= 0.6 is 0 Å². The lowest BCUT2D eigenvalue weighted by Crippen LogP contribution is -2.27. The molecule has 0 heterocycles. The molecule has 1 saturated carbocycles. The van der Waals surface area contributed by atoms with Gasteiger partial charge in [-0.2, -0.15) is 0 Å². The van der Waals surface area contributed by atoms with Crippen molar-refractivity contribution in [1.29, 1.82) is 0 Å². The van der Waals surface area contributed by atoms with Crippen LogP contribution in [-0.4, -0.2) is 19.0 Å². The highest BCUT2D eigenvalue weighted by molar-refractivity contribution is 6.32. The monoisotopic (exact) mass is 273 g/mol. The minimum absolute atomic E-state index is 0.373. The number of benzene rings is 1. The molecule has 2 rings (SSSR count). The van der Waals surface area contributed by atoms with E-state index in [4.69, 9.17) is 4.74 Å². The van der Waals surface area contributed by atoms with E-state index in [2.05, 4.69) is 24.3 Å². The van der Waals surface area contributed by atoms with Gasteiger partial charge in [0.15, 0.2) is 0 Å². The summed E-state index contributed by atoms with van der Waals surface area (Å²) < 4.78 is 5.32. The number of hydrogen-bond donors (Lipinski definition) is 1. The van der Waals surface area contributed by atoms with Crippen LogP contribution in [0, 0.1) is 0 Å². The molecule has 1 fully saturated rings. The van der Waals surface area contributed by atoms with E-state index in [1.54, 1.807) is 0 Å². The van der Waals surface area contributed by atoms with Crippen molar-refractivity contribution in [3.63, 3.8) is 0 Å². The van der Waals surface area contributed by atoms with Crippen LogP contribution in [-0.2, 0) is 11.1 Å². The molecule has 0 aromatic heterocycles. The Morgan fingerprint density at radius 1 is 1.40 bits per heavy atom. The second-order valence-corrected chi connectivity index (χ2v) is 6.57. The first-order chi connectivity index (χ1) is 9.39. The van der Waals surface area contributed by atoms with E-state index in [1.807, 2.05) is 26.8 Å². The zero-order valence-electron chi connectivity index (χ0n) is 13.0. The van der Waals surface area contributed by atoms with Crippen molar-refractivity contribution >= 4 is 19.1 Å². The van der Waals surface area contributed by atoms with E-state index in [1.165, 1.54) is 24.0 Å². The summed E-state index contributed by atoms with van der Waals surface area (Å²) in [6.07, 6.45) is 3.16. The summed E-state index contributed by atoms with van der Waals surface area (Å²) in [7, 11) is 1.14. The van der Waals surface area contributed by atoms with Gasteiger partial charge >= 0.3 is 6.09 Å². The molecule has 1 aromatic rings. The Balaban J connectivity index is 2.12. The molecule has 0 atom stereocenters. The number of anilines is 1. The van der Waals surface area contributed by atoms with Crippen LogP contribution in [0.5, 0.6) is 0 Å². The Morgan fingerprint density at radius 3 is 2.65 bits per heavy atom. The number of ether oxygens (including phenoxy) is 1. The van der Waals surface area contributed by atoms with Gasteiger partial charge < -0.3 is 4.74 Å². The molecule has 20 heavy (non-hydrogen) atoms. The second kappa shape index (κ2) is 5.90. The van der Waals surface area contributed by atoms with Crippen molar-refractivity contribution in [3.8, 4) is 0 Å². The van der Waals surface area contributed by atoms with Gasteiger partial charge in [0.1, 0.15) is 12.9 Å². The second-order valence-electron chi connectivity index (χ2n) is 6.57. The van der Waals surface area contributed by atoms with Crippen LogP contribution in [0.15, 0.2) is 18.2 Å². The lowest BCUT2D eigenvalue weighted by Gasteiger charge is -2.20. The van der Waals surface area contributed by atoms with E-state index in [0.717, 1.165) is 19.3 Å². The molecule has 0 unspecified atom stereocenters. The molecule has 1 amide bonds. The Kier molecular flexibility index (Phi) is 4.41. The fourth-order valence-corrected chi connectivity index (χ4v) is 2.32. The zero-order chi connectivity index (χ0) is 14.8. The molecule has 0 aliphatic heterocycles. The molecule has 3 nitrogen and oxygen atoms in total. The van der Waals surface area contributed by atoms with Gasteiger partial charge in [0, 0.05) is 5.69 Å². The first-order valence-corrected chi connectivity index (χ1v) is 7.52. The fourth-order valence-electron chi connectivity index (χ4n) is 2.32. The van der Waals surface area contributed by atoms with E-state index in [9.17, 15) is 4.79 Å². The molecule has 0 bridgehead atoms. The number of hydrogen-bond acceptors (Lipinski definition) is 2. The van der Waals surface area contributed by atoms with E-state index < -0.39 is 5.60 Å². The number of carbonyl (C=O) groups excluding carboxylic acids is 1. The highest BCUT2D eigenvalue weighted by Crippen LogP contribution is 2.43. The number of nitrogens with one attached hydrogen (secondary N) is 1. The predicted molar refractivity (Wildman–Crippen MR) is 85.0 cm³/mol. The van der Waals surface area contributed by atoms with Gasteiger partial charge in [-0.15, -0.1) is 0 Å². The normalized spacial score (nSPS) is 14.8. The highest BCUT2D eigenvalue weighted by atomic mass is 16.6. The molecular weight excluding hydrogens is 249 g/mol. The minimum atomic E-state index is -0.466. The van der Waals surface area contributed by atoms with Crippen molar-refractivity contribution in [3.05, 3.63) is 29.3 Å². The first-order valence-electron chi connectivity index (χ1n) is 7.52. The lowest BCUT2D eigenvalue weighted by atomic mass is 9.75. The molecule has 0 spiro atoms. The maximum atomic E-state index is 11.9. The number of rotatable bonds is 4. The smallest absolute Gasteiger partial charge is 0.412 e. The van der Waals surface area contributed by atoms with E-state index in [-0.39, 0.29) is 6.09 Å². The van der Waals surface area contributed by atoms with Gasteiger partial charge in [-0.1, -0.05) is 30.8 Å². The zero-order valence-corrected chi connectivity index (χ0v) is 13.0. The van der Waals surface area contributed by atoms with Crippen LogP contribution in [0.4, 0.5) is 10.5 Å². The number of carbonyl (C=O) groups is 1. The van der Waals surface area contributed by atoms with Crippen LogP contribution in [0.25, 0.3) is 0 Å². The highest BCUT2D eigenvalue weighted by Gasteiger charge is 2.27. The van der Waals surface area contributed by atoms with Crippen molar-refractivity contribution < 1.29 is 9.53 Å². The van der Waals surface area contributed by atoms with Gasteiger partial charge in [0.2, 0.25) is 0 Å². The lowest BCUT2D eigenvalue weighted by molar-refractivity contribution is 0.0636. The van der Waals surface area contributed by atoms with Crippen molar-refractivity contribution in [2.75, 3.05) is 5.32 Å². The first kappa shape index (κ1) is 15.0. The summed E-state index contributed by atoms with van der Waals surface area (Å²) in [4.78, 5) is 11.9. The molecule has 108 valence electrons. The largest absolute Gasteiger partial charge is 0.444 e. The summed E-state index contributed by atoms with van der Waals surface area (Å²) in [5.74, 6) is 0.608. The van der Waals surface area contributed by atoms with Gasteiger partial charge in [-0.3, -0.25) is 5.32 Å². The Bertz CT molecular complexity index is 490. The summed E-state index contributed by atoms with van der Waals surface area (Å²) in [5, 5.41) is 2.90. The minimum Gasteiger partial charge on any atom is -0.444 e. The predicted octanol–water partition coefficient (Wildman–Crippen LogP) is 3.90. The molecule has 1 aromatic carbocycles. The standard InChI is InChI=1S/C16H24BNO2/c1-16(2,3)20-15(19)18-14-8-5-11(10-17-4)9-13(14)12-6-7-12/h5,8-9,12,17H,6-7,10H2,1-4H3,(H,18,19). The van der Waals surface area contributed by atoms with Crippen LogP contribution in [0.3, 0.4) is 0 Å². The van der Waals surface area contributed by atoms with E-state index >= 15 is 0 Å². The summed E-state index contributed by atoms with van der Waals surface area (Å²) in [6, 6.07) is 6.36. The topological polar surface area (TPSA) is 38.3 Å². The Hall–Kier alpha value is -1.45. The summed E-state index contributed by atoms with van der Waals surface area (Å²) in [5.41, 5.74) is 3.05. The molecule has 0 radical (unpaired) electrons. The average molecular weight is 273 g/mol. The summed E-state index contributed by atoms with van der Waals surface area (Å²) >= 11 is 0.